The van der Waals surface area contributed by atoms with Crippen LogP contribution in [0.1, 0.15) is 12.5 Å². The molecule has 0 bridgehead atoms. The van der Waals surface area contributed by atoms with Gasteiger partial charge in [0.2, 0.25) is 10.0 Å². The van der Waals surface area contributed by atoms with Crippen molar-refractivity contribution in [3.63, 3.8) is 0 Å². The van der Waals surface area contributed by atoms with E-state index in [1.54, 1.807) is 19.3 Å². The number of sulfonamides is 1. The summed E-state index contributed by atoms with van der Waals surface area (Å²) in [7, 11) is -3.71. The van der Waals surface area contributed by atoms with Crippen LogP contribution in [0.3, 0.4) is 0 Å². The zero-order valence-electron chi connectivity index (χ0n) is 10.3. The lowest BCUT2D eigenvalue weighted by molar-refractivity contribution is 0.548. The molecule has 0 aliphatic rings. The van der Waals surface area contributed by atoms with Gasteiger partial charge in [0.15, 0.2) is 0 Å². The van der Waals surface area contributed by atoms with Gasteiger partial charge in [-0.3, -0.25) is 0 Å². The molecule has 102 valence electrons. The number of hydrogen-bond acceptors (Lipinski definition) is 3. The molecule has 0 spiro atoms. The molecule has 2 aromatic rings. The summed E-state index contributed by atoms with van der Waals surface area (Å²) >= 11 is 0. The largest absolute Gasteiger partial charge is 0.472 e. The maximum absolute atomic E-state index is 13.0. The minimum absolute atomic E-state index is 0.0773. The van der Waals surface area contributed by atoms with Crippen LogP contribution in [0.4, 0.5) is 4.39 Å². The summed E-state index contributed by atoms with van der Waals surface area (Å²) in [5.74, 6) is -0.578. The van der Waals surface area contributed by atoms with Gasteiger partial charge in [-0.25, -0.2) is 17.5 Å². The second-order valence-corrected chi connectivity index (χ2v) is 6.03. The minimum atomic E-state index is -3.71. The molecular formula is C13H14FNO3S. The summed E-state index contributed by atoms with van der Waals surface area (Å²) in [6.07, 6.45) is 3.60. The Kier molecular flexibility index (Phi) is 4.01. The van der Waals surface area contributed by atoms with Crippen LogP contribution in [-0.4, -0.2) is 14.5 Å². The van der Waals surface area contributed by atoms with E-state index in [1.807, 2.05) is 0 Å². The Morgan fingerprint density at radius 1 is 1.37 bits per heavy atom. The first-order chi connectivity index (χ1) is 8.97. The first-order valence-corrected chi connectivity index (χ1v) is 7.25. The SMILES string of the molecule is CC(Cc1ccoc1)NS(=O)(=O)c1cccc(F)c1. The topological polar surface area (TPSA) is 59.3 Å². The summed E-state index contributed by atoms with van der Waals surface area (Å²) in [6.45, 7) is 1.74. The van der Waals surface area contributed by atoms with E-state index in [1.165, 1.54) is 24.5 Å². The lowest BCUT2D eigenvalue weighted by Gasteiger charge is -2.13. The van der Waals surface area contributed by atoms with Gasteiger partial charge in [0, 0.05) is 6.04 Å². The van der Waals surface area contributed by atoms with Crippen molar-refractivity contribution in [1.82, 2.24) is 4.72 Å². The van der Waals surface area contributed by atoms with Crippen LogP contribution < -0.4 is 4.72 Å². The molecule has 4 nitrogen and oxygen atoms in total. The van der Waals surface area contributed by atoms with Crippen molar-refractivity contribution in [2.45, 2.75) is 24.3 Å². The normalized spacial score (nSPS) is 13.4. The molecule has 1 aromatic heterocycles. The second kappa shape index (κ2) is 5.54. The first kappa shape index (κ1) is 13.8. The quantitative estimate of drug-likeness (QED) is 0.916. The number of hydrogen-bond donors (Lipinski definition) is 1. The fourth-order valence-electron chi connectivity index (χ4n) is 1.77. The van der Waals surface area contributed by atoms with E-state index < -0.39 is 15.8 Å². The fourth-order valence-corrected chi connectivity index (χ4v) is 3.05. The molecule has 1 unspecified atom stereocenters. The highest BCUT2D eigenvalue weighted by Crippen LogP contribution is 2.12. The molecule has 0 amide bonds. The Morgan fingerprint density at radius 2 is 2.16 bits per heavy atom. The Bertz CT molecular complexity index is 638. The van der Waals surface area contributed by atoms with Gasteiger partial charge in [-0.2, -0.15) is 0 Å². The molecule has 1 atom stereocenters. The number of rotatable bonds is 5. The van der Waals surface area contributed by atoms with Crippen molar-refractivity contribution in [3.05, 3.63) is 54.2 Å². The highest BCUT2D eigenvalue weighted by atomic mass is 32.2. The maximum atomic E-state index is 13.0. The molecule has 0 saturated heterocycles. The van der Waals surface area contributed by atoms with Gasteiger partial charge in [-0.1, -0.05) is 6.07 Å². The lowest BCUT2D eigenvalue weighted by Crippen LogP contribution is -2.34. The Balaban J connectivity index is 2.09. The van der Waals surface area contributed by atoms with Crippen LogP contribution in [0, 0.1) is 5.82 Å². The minimum Gasteiger partial charge on any atom is -0.472 e. The van der Waals surface area contributed by atoms with Crippen molar-refractivity contribution in [3.8, 4) is 0 Å². The van der Waals surface area contributed by atoms with Crippen molar-refractivity contribution in [1.29, 1.82) is 0 Å². The number of halogens is 1. The van der Waals surface area contributed by atoms with Gasteiger partial charge >= 0.3 is 0 Å². The third-order valence-corrected chi connectivity index (χ3v) is 4.17. The standard InChI is InChI=1S/C13H14FNO3S/c1-10(7-11-5-6-18-9-11)15-19(16,17)13-4-2-3-12(14)8-13/h2-6,8-10,15H,7H2,1H3. The van der Waals surface area contributed by atoms with Crippen molar-refractivity contribution < 1.29 is 17.2 Å². The monoisotopic (exact) mass is 283 g/mol. The van der Waals surface area contributed by atoms with Gasteiger partial charge in [-0.15, -0.1) is 0 Å². The average molecular weight is 283 g/mol. The summed E-state index contributed by atoms with van der Waals surface area (Å²) in [5.41, 5.74) is 0.898. The van der Waals surface area contributed by atoms with Crippen LogP contribution in [0.5, 0.6) is 0 Å². The zero-order chi connectivity index (χ0) is 13.9. The Hall–Kier alpha value is -1.66. The van der Waals surface area contributed by atoms with Crippen LogP contribution >= 0.6 is 0 Å². The smallest absolute Gasteiger partial charge is 0.240 e. The maximum Gasteiger partial charge on any atom is 0.240 e. The third kappa shape index (κ3) is 3.65. The summed E-state index contributed by atoms with van der Waals surface area (Å²) < 4.78 is 44.5. The number of benzene rings is 1. The number of furan rings is 1. The third-order valence-electron chi connectivity index (χ3n) is 2.58. The highest BCUT2D eigenvalue weighted by molar-refractivity contribution is 7.89. The summed E-state index contributed by atoms with van der Waals surface area (Å²) in [6, 6.07) is 6.37. The molecule has 6 heteroatoms. The highest BCUT2D eigenvalue weighted by Gasteiger charge is 2.18. The Labute approximate surface area is 111 Å². The van der Waals surface area contributed by atoms with Gasteiger partial charge in [0.05, 0.1) is 17.4 Å². The molecule has 2 rings (SSSR count). The van der Waals surface area contributed by atoms with Crippen LogP contribution in [-0.2, 0) is 16.4 Å². The van der Waals surface area contributed by atoms with Crippen molar-refractivity contribution >= 4 is 10.0 Å². The van der Waals surface area contributed by atoms with Crippen molar-refractivity contribution in [2.75, 3.05) is 0 Å². The van der Waals surface area contributed by atoms with E-state index in [4.69, 9.17) is 4.42 Å². The Morgan fingerprint density at radius 3 is 2.79 bits per heavy atom. The van der Waals surface area contributed by atoms with Gasteiger partial charge < -0.3 is 4.42 Å². The van der Waals surface area contributed by atoms with E-state index in [2.05, 4.69) is 4.72 Å². The molecule has 19 heavy (non-hydrogen) atoms. The molecule has 0 aliphatic carbocycles. The molecule has 0 radical (unpaired) electrons. The van der Waals surface area contributed by atoms with Crippen LogP contribution in [0.15, 0.2) is 52.2 Å². The van der Waals surface area contributed by atoms with Gasteiger partial charge in [0.25, 0.3) is 0 Å². The summed E-state index contributed by atoms with van der Waals surface area (Å²) in [4.78, 5) is -0.0773. The van der Waals surface area contributed by atoms with Crippen LogP contribution in [0.2, 0.25) is 0 Å². The van der Waals surface area contributed by atoms with Crippen molar-refractivity contribution in [2.24, 2.45) is 0 Å². The molecule has 1 N–H and O–H groups in total. The molecule has 0 saturated carbocycles. The molecule has 0 fully saturated rings. The lowest BCUT2D eigenvalue weighted by atomic mass is 10.1. The summed E-state index contributed by atoms with van der Waals surface area (Å²) in [5, 5.41) is 0. The zero-order valence-corrected chi connectivity index (χ0v) is 11.2. The molecular weight excluding hydrogens is 269 g/mol. The second-order valence-electron chi connectivity index (χ2n) is 4.32. The molecule has 1 aromatic carbocycles. The average Bonchev–Trinajstić information content (AvgIpc) is 2.81. The van der Waals surface area contributed by atoms with E-state index >= 15 is 0 Å². The predicted octanol–water partition coefficient (Wildman–Crippen LogP) is 2.33. The van der Waals surface area contributed by atoms with E-state index in [-0.39, 0.29) is 10.9 Å². The van der Waals surface area contributed by atoms with Gasteiger partial charge in [-0.05, 0) is 43.2 Å². The fraction of sp³-hybridized carbons (Fsp3) is 0.231. The first-order valence-electron chi connectivity index (χ1n) is 5.76. The van der Waals surface area contributed by atoms with Crippen LogP contribution in [0.25, 0.3) is 0 Å². The predicted molar refractivity (Wildman–Crippen MR) is 68.6 cm³/mol. The number of nitrogens with one attached hydrogen (secondary N) is 1. The van der Waals surface area contributed by atoms with E-state index in [9.17, 15) is 12.8 Å². The van der Waals surface area contributed by atoms with Gasteiger partial charge in [0.1, 0.15) is 5.82 Å². The van der Waals surface area contributed by atoms with E-state index in [0.717, 1.165) is 11.6 Å². The molecule has 1 heterocycles. The molecule has 0 aliphatic heterocycles. The van der Waals surface area contributed by atoms with E-state index in [0.29, 0.717) is 6.42 Å².